The molecule has 4 N–H and O–H groups in total. The predicted octanol–water partition coefficient (Wildman–Crippen LogP) is 0.718. The minimum atomic E-state index is 0.119. The highest BCUT2D eigenvalue weighted by Gasteiger charge is 2.26. The molecule has 2 rings (SSSR count). The highest BCUT2D eigenvalue weighted by molar-refractivity contribution is 5.52. The molecule has 1 aliphatic heterocycles. The van der Waals surface area contributed by atoms with Crippen LogP contribution in [-0.4, -0.2) is 34.4 Å². The van der Waals surface area contributed by atoms with Crippen LogP contribution in [0.25, 0.3) is 0 Å². The van der Waals surface area contributed by atoms with Crippen molar-refractivity contribution in [3.05, 3.63) is 29.3 Å². The summed E-state index contributed by atoms with van der Waals surface area (Å²) in [7, 11) is 0. The largest absolute Gasteiger partial charge is 0.398 e. The van der Waals surface area contributed by atoms with Crippen LogP contribution in [0.4, 0.5) is 5.69 Å². The second-order valence-electron chi connectivity index (χ2n) is 4.59. The van der Waals surface area contributed by atoms with Gasteiger partial charge in [0, 0.05) is 31.4 Å². The summed E-state index contributed by atoms with van der Waals surface area (Å²) in [6, 6.07) is 6.10. The molecule has 0 saturated heterocycles. The Labute approximate surface area is 102 Å². The van der Waals surface area contributed by atoms with E-state index in [-0.39, 0.29) is 19.3 Å². The van der Waals surface area contributed by atoms with E-state index in [1.54, 1.807) is 0 Å². The van der Waals surface area contributed by atoms with Gasteiger partial charge >= 0.3 is 0 Å². The minimum absolute atomic E-state index is 0.119. The van der Waals surface area contributed by atoms with Crippen molar-refractivity contribution in [2.75, 3.05) is 18.9 Å². The van der Waals surface area contributed by atoms with E-state index in [4.69, 9.17) is 10.8 Å². The molecule has 1 aliphatic rings. The van der Waals surface area contributed by atoms with Crippen LogP contribution in [0, 0.1) is 0 Å². The van der Waals surface area contributed by atoms with Gasteiger partial charge in [0.05, 0.1) is 6.61 Å². The molecule has 0 saturated carbocycles. The highest BCUT2D eigenvalue weighted by Crippen LogP contribution is 2.29. The summed E-state index contributed by atoms with van der Waals surface area (Å²) in [4.78, 5) is 2.23. The molecular formula is C13H20N2O2. The van der Waals surface area contributed by atoms with Crippen LogP contribution in [0.15, 0.2) is 18.2 Å². The third kappa shape index (κ3) is 2.60. The van der Waals surface area contributed by atoms with E-state index in [2.05, 4.69) is 11.0 Å². The van der Waals surface area contributed by atoms with Crippen molar-refractivity contribution >= 4 is 5.69 Å². The van der Waals surface area contributed by atoms with E-state index in [1.165, 1.54) is 11.1 Å². The van der Waals surface area contributed by atoms with Gasteiger partial charge in [0.2, 0.25) is 0 Å². The fourth-order valence-corrected chi connectivity index (χ4v) is 2.45. The summed E-state index contributed by atoms with van der Waals surface area (Å²) in [5, 5.41) is 18.3. The monoisotopic (exact) mass is 236 g/mol. The molecule has 0 aromatic heterocycles. The van der Waals surface area contributed by atoms with Crippen molar-refractivity contribution in [1.29, 1.82) is 0 Å². The molecule has 1 heterocycles. The van der Waals surface area contributed by atoms with Crippen LogP contribution in [0.2, 0.25) is 0 Å². The number of hydrogen-bond acceptors (Lipinski definition) is 4. The number of benzene rings is 1. The number of nitrogens with zero attached hydrogens (tertiary/aromatic N) is 1. The Balaban J connectivity index is 2.05. The van der Waals surface area contributed by atoms with Gasteiger partial charge in [0.1, 0.15) is 0 Å². The molecule has 1 unspecified atom stereocenters. The van der Waals surface area contributed by atoms with E-state index in [0.29, 0.717) is 0 Å². The molecule has 0 bridgehead atoms. The maximum Gasteiger partial charge on any atom is 0.0587 e. The first-order valence-corrected chi connectivity index (χ1v) is 6.08. The average molecular weight is 236 g/mol. The lowest BCUT2D eigenvalue weighted by molar-refractivity contribution is 0.108. The van der Waals surface area contributed by atoms with Gasteiger partial charge in [-0.25, -0.2) is 0 Å². The molecule has 0 aliphatic carbocycles. The van der Waals surface area contributed by atoms with Gasteiger partial charge in [-0.05, 0) is 30.0 Å². The number of hydrogen-bond donors (Lipinski definition) is 3. The molecule has 17 heavy (non-hydrogen) atoms. The number of anilines is 1. The van der Waals surface area contributed by atoms with Crippen LogP contribution in [0.5, 0.6) is 0 Å². The quantitative estimate of drug-likeness (QED) is 0.659. The first-order valence-electron chi connectivity index (χ1n) is 6.08. The molecule has 94 valence electrons. The zero-order chi connectivity index (χ0) is 12.3. The Morgan fingerprint density at radius 1 is 1.29 bits per heavy atom. The van der Waals surface area contributed by atoms with Crippen LogP contribution >= 0.6 is 0 Å². The zero-order valence-corrected chi connectivity index (χ0v) is 9.97. The number of fused-ring (bicyclic) bond motifs is 1. The maximum atomic E-state index is 9.41. The van der Waals surface area contributed by atoms with Gasteiger partial charge < -0.3 is 15.9 Å². The van der Waals surface area contributed by atoms with Crippen LogP contribution in [-0.2, 0) is 13.1 Å². The van der Waals surface area contributed by atoms with Crippen molar-refractivity contribution < 1.29 is 10.2 Å². The fraction of sp³-hybridized carbons (Fsp3) is 0.538. The third-order valence-electron chi connectivity index (χ3n) is 3.47. The smallest absolute Gasteiger partial charge is 0.0587 e. The molecule has 0 amide bonds. The fourth-order valence-electron chi connectivity index (χ4n) is 2.45. The van der Waals surface area contributed by atoms with Crippen molar-refractivity contribution in [3.8, 4) is 0 Å². The minimum Gasteiger partial charge on any atom is -0.398 e. The van der Waals surface area contributed by atoms with Gasteiger partial charge in [0.25, 0.3) is 0 Å². The second kappa shape index (κ2) is 5.49. The molecule has 4 heteroatoms. The van der Waals surface area contributed by atoms with Gasteiger partial charge in [-0.2, -0.15) is 0 Å². The van der Waals surface area contributed by atoms with Gasteiger partial charge in [0.15, 0.2) is 0 Å². The summed E-state index contributed by atoms with van der Waals surface area (Å²) in [5.74, 6) is 0. The van der Waals surface area contributed by atoms with Gasteiger partial charge in [-0.3, -0.25) is 4.90 Å². The molecule has 0 radical (unpaired) electrons. The molecular weight excluding hydrogens is 216 g/mol. The van der Waals surface area contributed by atoms with Crippen molar-refractivity contribution in [2.24, 2.45) is 0 Å². The van der Waals surface area contributed by atoms with Crippen molar-refractivity contribution in [3.63, 3.8) is 0 Å². The van der Waals surface area contributed by atoms with E-state index >= 15 is 0 Å². The van der Waals surface area contributed by atoms with Crippen molar-refractivity contribution in [1.82, 2.24) is 4.90 Å². The Morgan fingerprint density at radius 2 is 2.12 bits per heavy atom. The van der Waals surface area contributed by atoms with Crippen LogP contribution < -0.4 is 5.73 Å². The number of aliphatic hydroxyl groups excluding tert-OH is 2. The van der Waals surface area contributed by atoms with E-state index in [1.807, 2.05) is 12.1 Å². The zero-order valence-electron chi connectivity index (χ0n) is 9.97. The second-order valence-corrected chi connectivity index (χ2v) is 4.59. The normalized spacial score (nSPS) is 17.1. The van der Waals surface area contributed by atoms with Crippen LogP contribution in [0.1, 0.15) is 24.0 Å². The summed E-state index contributed by atoms with van der Waals surface area (Å²) >= 11 is 0. The lowest BCUT2D eigenvalue weighted by atomic mass is 10.1. The number of nitrogen functional groups attached to an aromatic ring is 1. The van der Waals surface area contributed by atoms with E-state index < -0.39 is 0 Å². The number of rotatable bonds is 5. The molecule has 1 atom stereocenters. The molecule has 0 fully saturated rings. The maximum absolute atomic E-state index is 9.41. The first-order chi connectivity index (χ1) is 8.26. The molecule has 1 aromatic carbocycles. The van der Waals surface area contributed by atoms with Crippen molar-refractivity contribution in [2.45, 2.75) is 32.0 Å². The van der Waals surface area contributed by atoms with Gasteiger partial charge in [-0.15, -0.1) is 0 Å². The topological polar surface area (TPSA) is 69.7 Å². The van der Waals surface area contributed by atoms with E-state index in [9.17, 15) is 5.11 Å². The number of aliphatic hydroxyl groups is 2. The summed E-state index contributed by atoms with van der Waals surface area (Å²) in [6.07, 6.45) is 1.55. The molecule has 1 aromatic rings. The standard InChI is InChI=1S/C13H20N2O2/c14-13-5-1-3-10-7-15(8-12(10)13)11(9-17)4-2-6-16/h1,3,5,11,16-17H,2,4,6-9,14H2. The first kappa shape index (κ1) is 12.4. The average Bonchev–Trinajstić information content (AvgIpc) is 2.75. The Kier molecular flexibility index (Phi) is 3.99. The highest BCUT2D eigenvalue weighted by atomic mass is 16.3. The predicted molar refractivity (Wildman–Crippen MR) is 67.3 cm³/mol. The Hall–Kier alpha value is -1.10. The third-order valence-corrected chi connectivity index (χ3v) is 3.47. The lowest BCUT2D eigenvalue weighted by Crippen LogP contribution is -2.34. The number of nitrogens with two attached hydrogens (primary N) is 1. The summed E-state index contributed by atoms with van der Waals surface area (Å²) in [5.41, 5.74) is 9.23. The SMILES string of the molecule is Nc1cccc2c1CN(C(CO)CCCO)C2. The molecule has 4 nitrogen and oxygen atoms in total. The van der Waals surface area contributed by atoms with E-state index in [0.717, 1.165) is 31.6 Å². The van der Waals surface area contributed by atoms with Crippen LogP contribution in [0.3, 0.4) is 0 Å². The lowest BCUT2D eigenvalue weighted by Gasteiger charge is -2.25. The molecule has 0 spiro atoms. The Morgan fingerprint density at radius 3 is 2.76 bits per heavy atom. The Bertz CT molecular complexity index is 382. The van der Waals surface area contributed by atoms with Gasteiger partial charge in [-0.1, -0.05) is 12.1 Å². The summed E-state index contributed by atoms with van der Waals surface area (Å²) in [6.45, 7) is 1.96. The summed E-state index contributed by atoms with van der Waals surface area (Å²) < 4.78 is 0.